The topological polar surface area (TPSA) is 58.6 Å². The van der Waals surface area contributed by atoms with Crippen LogP contribution in [0, 0.1) is 0 Å². The number of likely N-dealkylation sites (N-methyl/N-ethyl adjacent to an activating group) is 1. The number of piperidine rings is 1. The van der Waals surface area contributed by atoms with Gasteiger partial charge in [0.2, 0.25) is 0 Å². The maximum atomic E-state index is 6.03. The van der Waals surface area contributed by atoms with Crippen molar-refractivity contribution >= 4 is 29.9 Å². The quantitative estimate of drug-likeness (QED) is 0.165. The summed E-state index contributed by atoms with van der Waals surface area (Å²) >= 11 is 0. The van der Waals surface area contributed by atoms with Gasteiger partial charge in [-0.15, -0.1) is 24.0 Å². The summed E-state index contributed by atoms with van der Waals surface area (Å²) in [6, 6.07) is 8.60. The number of likely N-dealkylation sites (tertiary alicyclic amines) is 1. The summed E-state index contributed by atoms with van der Waals surface area (Å²) in [5.41, 5.74) is 1.25. The van der Waals surface area contributed by atoms with Crippen LogP contribution in [0.15, 0.2) is 29.3 Å². The molecule has 1 N–H and O–H groups in total. The number of nitrogens with one attached hydrogen (secondary N) is 1. The second-order valence-corrected chi connectivity index (χ2v) is 8.11. The Morgan fingerprint density at radius 1 is 1.15 bits per heavy atom. The molecular formula is C25H45IN4O3. The standard InChI is InChI=1S/C25H44N4O3.HI/c1-6-26-25(29-15-13-22(14-16-29)32-18-10-17-30-4)27-20-24(28(7-2)8-3)21-11-9-12-23(19-21)31-5;/h9,11-12,19,22,24H,6-8,10,13-18,20H2,1-5H3,(H,26,27);1H. The van der Waals surface area contributed by atoms with E-state index in [1.54, 1.807) is 14.2 Å². The van der Waals surface area contributed by atoms with Gasteiger partial charge in [0, 0.05) is 40.0 Å². The Labute approximate surface area is 218 Å². The van der Waals surface area contributed by atoms with Crippen LogP contribution in [0.2, 0.25) is 0 Å². The number of halogens is 1. The highest BCUT2D eigenvalue weighted by Gasteiger charge is 2.23. The first-order valence-corrected chi connectivity index (χ1v) is 12.2. The molecule has 1 aliphatic heterocycles. The summed E-state index contributed by atoms with van der Waals surface area (Å²) in [6.45, 7) is 13.6. The fourth-order valence-electron chi connectivity index (χ4n) is 4.23. The third-order valence-electron chi connectivity index (χ3n) is 6.07. The van der Waals surface area contributed by atoms with E-state index in [1.165, 1.54) is 5.56 Å². The zero-order chi connectivity index (χ0) is 23.2. The minimum Gasteiger partial charge on any atom is -0.497 e. The molecule has 1 aromatic carbocycles. The lowest BCUT2D eigenvalue weighted by molar-refractivity contribution is 0.00988. The Morgan fingerprint density at radius 2 is 1.88 bits per heavy atom. The number of methoxy groups -OCH3 is 2. The second-order valence-electron chi connectivity index (χ2n) is 8.11. The molecule has 1 aliphatic rings. The van der Waals surface area contributed by atoms with Gasteiger partial charge in [-0.25, -0.2) is 0 Å². The second kappa shape index (κ2) is 17.4. The number of aliphatic imine (C=N–C) groups is 1. The number of benzene rings is 1. The van der Waals surface area contributed by atoms with Crippen molar-refractivity contribution in [3.8, 4) is 5.75 Å². The van der Waals surface area contributed by atoms with Crippen LogP contribution in [0.4, 0.5) is 0 Å². The van der Waals surface area contributed by atoms with E-state index in [4.69, 9.17) is 19.2 Å². The molecule has 1 saturated heterocycles. The van der Waals surface area contributed by atoms with Gasteiger partial charge in [0.05, 0.1) is 25.8 Å². The average molecular weight is 577 g/mol. The summed E-state index contributed by atoms with van der Waals surface area (Å²) in [5, 5.41) is 3.51. The van der Waals surface area contributed by atoms with E-state index in [9.17, 15) is 0 Å². The molecule has 0 bridgehead atoms. The normalized spacial score (nSPS) is 15.9. The Hall–Kier alpha value is -1.10. The summed E-state index contributed by atoms with van der Waals surface area (Å²) in [4.78, 5) is 9.93. The molecule has 2 rings (SSSR count). The van der Waals surface area contributed by atoms with Gasteiger partial charge in [0.25, 0.3) is 0 Å². The summed E-state index contributed by atoms with van der Waals surface area (Å²) in [6.07, 6.45) is 3.36. The van der Waals surface area contributed by atoms with Crippen LogP contribution in [0.25, 0.3) is 0 Å². The lowest BCUT2D eigenvalue weighted by Gasteiger charge is -2.35. The molecular weight excluding hydrogens is 531 g/mol. The van der Waals surface area contributed by atoms with Gasteiger partial charge in [-0.05, 0) is 57.0 Å². The van der Waals surface area contributed by atoms with Crippen molar-refractivity contribution in [2.45, 2.75) is 52.2 Å². The van der Waals surface area contributed by atoms with Gasteiger partial charge >= 0.3 is 0 Å². The maximum absolute atomic E-state index is 6.03. The molecule has 8 heteroatoms. The van der Waals surface area contributed by atoms with Gasteiger partial charge in [-0.3, -0.25) is 9.89 Å². The minimum atomic E-state index is 0. The fourth-order valence-corrected chi connectivity index (χ4v) is 4.23. The van der Waals surface area contributed by atoms with Crippen LogP contribution in [0.3, 0.4) is 0 Å². The largest absolute Gasteiger partial charge is 0.497 e. The van der Waals surface area contributed by atoms with Gasteiger partial charge < -0.3 is 24.4 Å². The van der Waals surface area contributed by atoms with Crippen molar-refractivity contribution in [1.29, 1.82) is 0 Å². The molecule has 0 spiro atoms. The van der Waals surface area contributed by atoms with E-state index < -0.39 is 0 Å². The molecule has 0 radical (unpaired) electrons. The Morgan fingerprint density at radius 3 is 2.48 bits per heavy atom. The molecule has 7 nitrogen and oxygen atoms in total. The number of hydrogen-bond donors (Lipinski definition) is 1. The minimum absolute atomic E-state index is 0. The molecule has 0 saturated carbocycles. The molecule has 190 valence electrons. The first kappa shape index (κ1) is 29.9. The average Bonchev–Trinajstić information content (AvgIpc) is 2.84. The molecule has 0 amide bonds. The van der Waals surface area contributed by atoms with Gasteiger partial charge in [-0.1, -0.05) is 26.0 Å². The predicted molar refractivity (Wildman–Crippen MR) is 147 cm³/mol. The van der Waals surface area contributed by atoms with Crippen LogP contribution in [0.5, 0.6) is 5.75 Å². The van der Waals surface area contributed by atoms with Gasteiger partial charge in [-0.2, -0.15) is 0 Å². The van der Waals surface area contributed by atoms with E-state index in [0.29, 0.717) is 12.6 Å². The van der Waals surface area contributed by atoms with Crippen LogP contribution < -0.4 is 10.1 Å². The third kappa shape index (κ3) is 9.96. The van der Waals surface area contributed by atoms with Crippen molar-refractivity contribution in [2.75, 3.05) is 66.7 Å². The Bertz CT molecular complexity index is 665. The first-order chi connectivity index (χ1) is 15.7. The van der Waals surface area contributed by atoms with E-state index in [2.05, 4.69) is 54.1 Å². The molecule has 0 aromatic heterocycles. The third-order valence-corrected chi connectivity index (χ3v) is 6.07. The number of hydrogen-bond acceptors (Lipinski definition) is 5. The van der Waals surface area contributed by atoms with E-state index in [-0.39, 0.29) is 30.0 Å². The summed E-state index contributed by atoms with van der Waals surface area (Å²) in [7, 11) is 3.46. The highest BCUT2D eigenvalue weighted by molar-refractivity contribution is 14.0. The monoisotopic (exact) mass is 576 g/mol. The first-order valence-electron chi connectivity index (χ1n) is 12.2. The lowest BCUT2D eigenvalue weighted by Crippen LogP contribution is -2.47. The molecule has 0 aliphatic carbocycles. The summed E-state index contributed by atoms with van der Waals surface area (Å²) in [5.74, 6) is 1.90. The molecule has 1 fully saturated rings. The summed E-state index contributed by atoms with van der Waals surface area (Å²) < 4.78 is 16.6. The van der Waals surface area contributed by atoms with Crippen molar-refractivity contribution in [3.05, 3.63) is 29.8 Å². The Balaban J connectivity index is 0.00000544. The predicted octanol–water partition coefficient (Wildman–Crippen LogP) is 4.18. The number of rotatable bonds is 13. The fraction of sp³-hybridized carbons (Fsp3) is 0.720. The molecule has 1 aromatic rings. The number of ether oxygens (including phenoxy) is 3. The molecule has 33 heavy (non-hydrogen) atoms. The lowest BCUT2D eigenvalue weighted by atomic mass is 10.0. The van der Waals surface area contributed by atoms with Crippen molar-refractivity contribution in [3.63, 3.8) is 0 Å². The van der Waals surface area contributed by atoms with Crippen LogP contribution in [-0.4, -0.2) is 88.6 Å². The van der Waals surface area contributed by atoms with E-state index in [0.717, 1.165) is 76.9 Å². The van der Waals surface area contributed by atoms with Crippen molar-refractivity contribution in [1.82, 2.24) is 15.1 Å². The Kier molecular flexibility index (Phi) is 15.7. The SMILES string of the molecule is CCNC(=NCC(c1cccc(OC)c1)N(CC)CC)N1CCC(OCCCOC)CC1.I. The van der Waals surface area contributed by atoms with Crippen LogP contribution in [-0.2, 0) is 9.47 Å². The van der Waals surface area contributed by atoms with Crippen LogP contribution >= 0.6 is 24.0 Å². The highest BCUT2D eigenvalue weighted by atomic mass is 127. The van der Waals surface area contributed by atoms with Gasteiger partial charge in [0.1, 0.15) is 5.75 Å². The van der Waals surface area contributed by atoms with Crippen LogP contribution in [0.1, 0.15) is 51.6 Å². The number of nitrogens with zero attached hydrogens (tertiary/aromatic N) is 3. The van der Waals surface area contributed by atoms with Crippen molar-refractivity contribution < 1.29 is 14.2 Å². The number of guanidine groups is 1. The maximum Gasteiger partial charge on any atom is 0.193 e. The smallest absolute Gasteiger partial charge is 0.193 e. The molecule has 1 atom stereocenters. The van der Waals surface area contributed by atoms with Crippen molar-refractivity contribution in [2.24, 2.45) is 4.99 Å². The molecule has 1 unspecified atom stereocenters. The zero-order valence-corrected chi connectivity index (χ0v) is 23.5. The highest BCUT2D eigenvalue weighted by Crippen LogP contribution is 2.25. The zero-order valence-electron chi connectivity index (χ0n) is 21.2. The van der Waals surface area contributed by atoms with E-state index >= 15 is 0 Å². The molecule has 1 heterocycles. The van der Waals surface area contributed by atoms with Gasteiger partial charge in [0.15, 0.2) is 5.96 Å². The van der Waals surface area contributed by atoms with E-state index in [1.807, 2.05) is 6.07 Å².